The van der Waals surface area contributed by atoms with Crippen molar-refractivity contribution in [2.24, 2.45) is 23.2 Å². The van der Waals surface area contributed by atoms with Crippen molar-refractivity contribution in [3.8, 4) is 0 Å². The molecule has 0 aromatic rings. The molecule has 0 spiro atoms. The Labute approximate surface area is 108 Å². The molecule has 3 aliphatic rings. The Morgan fingerprint density at radius 3 is 3.00 bits per heavy atom. The highest BCUT2D eigenvalue weighted by atomic mass is 16.6. The third-order valence-corrected chi connectivity index (χ3v) is 5.53. The molecule has 0 aromatic heterocycles. The molecule has 2 saturated carbocycles. The van der Waals surface area contributed by atoms with Gasteiger partial charge in [-0.05, 0) is 49.9 Å². The summed E-state index contributed by atoms with van der Waals surface area (Å²) in [5.74, 6) is 1.47. The lowest BCUT2D eigenvalue weighted by atomic mass is 9.79. The van der Waals surface area contributed by atoms with E-state index in [1.807, 2.05) is 6.92 Å². The fraction of sp³-hybridized carbons (Fsp3) is 0.800. The number of hydrogen-bond acceptors (Lipinski definition) is 3. The summed E-state index contributed by atoms with van der Waals surface area (Å²) in [6.07, 6.45) is 3.88. The van der Waals surface area contributed by atoms with Gasteiger partial charge in [0.25, 0.3) is 0 Å². The largest absolute Gasteiger partial charge is 0.458 e. The predicted molar refractivity (Wildman–Crippen MR) is 67.7 cm³/mol. The summed E-state index contributed by atoms with van der Waals surface area (Å²) in [6.45, 7) is 8.05. The molecule has 100 valence electrons. The molecule has 0 aromatic carbocycles. The third kappa shape index (κ3) is 1.63. The Morgan fingerprint density at radius 1 is 1.61 bits per heavy atom. The second kappa shape index (κ2) is 3.83. The lowest BCUT2D eigenvalue weighted by Crippen LogP contribution is -2.26. The maximum atomic E-state index is 11.5. The topological polar surface area (TPSA) is 46.5 Å². The minimum absolute atomic E-state index is 0.0720. The number of aliphatic hydroxyl groups excluding tert-OH is 1. The Bertz CT molecular complexity index is 401. The van der Waals surface area contributed by atoms with Crippen LogP contribution in [0.2, 0.25) is 0 Å². The first-order valence-corrected chi connectivity index (χ1v) is 7.01. The number of esters is 1. The fourth-order valence-corrected chi connectivity index (χ4v) is 4.31. The number of hydrogen-bond donors (Lipinski definition) is 1. The van der Waals surface area contributed by atoms with Crippen LogP contribution in [0.25, 0.3) is 0 Å². The molecule has 18 heavy (non-hydrogen) atoms. The van der Waals surface area contributed by atoms with Gasteiger partial charge in [-0.1, -0.05) is 13.5 Å². The zero-order valence-corrected chi connectivity index (χ0v) is 11.2. The highest BCUT2D eigenvalue weighted by Crippen LogP contribution is 2.70. The van der Waals surface area contributed by atoms with Crippen LogP contribution in [0.15, 0.2) is 12.2 Å². The van der Waals surface area contributed by atoms with Gasteiger partial charge in [0.2, 0.25) is 0 Å². The molecular formula is C15H22O3. The van der Waals surface area contributed by atoms with Gasteiger partial charge in [0.1, 0.15) is 6.10 Å². The molecule has 1 unspecified atom stereocenters. The summed E-state index contributed by atoms with van der Waals surface area (Å²) in [6, 6.07) is 0. The Morgan fingerprint density at radius 2 is 2.33 bits per heavy atom. The molecule has 0 bridgehead atoms. The van der Waals surface area contributed by atoms with E-state index < -0.39 is 0 Å². The Hall–Kier alpha value is -0.830. The first kappa shape index (κ1) is 12.2. The van der Waals surface area contributed by atoms with Crippen molar-refractivity contribution in [1.82, 2.24) is 0 Å². The Kier molecular flexibility index (Phi) is 2.60. The predicted octanol–water partition coefficient (Wildman–Crippen LogP) is 2.29. The zero-order chi connectivity index (χ0) is 13.1. The van der Waals surface area contributed by atoms with Gasteiger partial charge >= 0.3 is 5.97 Å². The van der Waals surface area contributed by atoms with Gasteiger partial charge in [0.05, 0.1) is 6.10 Å². The van der Waals surface area contributed by atoms with Gasteiger partial charge in [-0.15, -0.1) is 0 Å². The van der Waals surface area contributed by atoms with Gasteiger partial charge in [0.15, 0.2) is 0 Å². The maximum absolute atomic E-state index is 11.5. The van der Waals surface area contributed by atoms with Crippen molar-refractivity contribution in [2.75, 3.05) is 0 Å². The number of carbonyl (C=O) groups excluding carboxylic acids is 1. The van der Waals surface area contributed by atoms with Crippen LogP contribution < -0.4 is 0 Å². The van der Waals surface area contributed by atoms with Crippen molar-refractivity contribution in [1.29, 1.82) is 0 Å². The zero-order valence-electron chi connectivity index (χ0n) is 11.2. The van der Waals surface area contributed by atoms with E-state index in [0.29, 0.717) is 22.8 Å². The summed E-state index contributed by atoms with van der Waals surface area (Å²) in [4.78, 5) is 11.5. The van der Waals surface area contributed by atoms with E-state index in [-0.39, 0.29) is 24.1 Å². The summed E-state index contributed by atoms with van der Waals surface area (Å²) >= 11 is 0. The lowest BCUT2D eigenvalue weighted by Gasteiger charge is -2.27. The van der Waals surface area contributed by atoms with Crippen molar-refractivity contribution in [3.05, 3.63) is 12.2 Å². The average Bonchev–Trinajstić information content (AvgIpc) is 2.77. The summed E-state index contributed by atoms with van der Waals surface area (Å²) < 4.78 is 5.43. The Balaban J connectivity index is 1.67. The molecule has 2 aliphatic carbocycles. The van der Waals surface area contributed by atoms with Crippen LogP contribution in [0.1, 0.15) is 39.5 Å². The van der Waals surface area contributed by atoms with Crippen LogP contribution in [0.5, 0.6) is 0 Å². The number of rotatable bonds is 3. The van der Waals surface area contributed by atoms with Crippen LogP contribution >= 0.6 is 0 Å². The minimum Gasteiger partial charge on any atom is -0.458 e. The highest BCUT2D eigenvalue weighted by Gasteiger charge is 2.66. The average molecular weight is 250 g/mol. The standard InChI is InChI=1S/C15H22O3/c1-8(16)4-5-11-12-6-10-9(2)14(17)18-13(10)7-15(11,12)3/h8,10-13,16H,2,4-7H2,1,3H3/t8?,10-,11+,12+,13-,15-/m1/s1. The number of aliphatic hydroxyl groups is 1. The quantitative estimate of drug-likeness (QED) is 0.617. The fourth-order valence-electron chi connectivity index (χ4n) is 4.31. The van der Waals surface area contributed by atoms with E-state index >= 15 is 0 Å². The van der Waals surface area contributed by atoms with E-state index in [9.17, 15) is 9.90 Å². The van der Waals surface area contributed by atoms with Crippen LogP contribution in [0.3, 0.4) is 0 Å². The van der Waals surface area contributed by atoms with E-state index in [4.69, 9.17) is 4.74 Å². The molecule has 3 nitrogen and oxygen atoms in total. The van der Waals surface area contributed by atoms with E-state index in [0.717, 1.165) is 25.7 Å². The molecule has 0 amide bonds. The van der Waals surface area contributed by atoms with Crippen molar-refractivity contribution in [2.45, 2.75) is 51.7 Å². The smallest absolute Gasteiger partial charge is 0.334 e. The van der Waals surface area contributed by atoms with Crippen LogP contribution in [0.4, 0.5) is 0 Å². The molecule has 1 heterocycles. The molecule has 1 aliphatic heterocycles. The number of fused-ring (bicyclic) bond motifs is 2. The monoisotopic (exact) mass is 250 g/mol. The van der Waals surface area contributed by atoms with Gasteiger partial charge in [-0.3, -0.25) is 0 Å². The van der Waals surface area contributed by atoms with Gasteiger partial charge < -0.3 is 9.84 Å². The third-order valence-electron chi connectivity index (χ3n) is 5.53. The van der Waals surface area contributed by atoms with Gasteiger partial charge in [-0.25, -0.2) is 4.79 Å². The normalized spacial score (nSPS) is 47.3. The summed E-state index contributed by atoms with van der Waals surface area (Å²) in [5, 5.41) is 9.40. The SMILES string of the molecule is C=C1C(=O)O[C@@H]2C[C@]3(C)[C@@H](CCC(C)O)[C@@H]3C[C@H]12. The molecule has 3 fully saturated rings. The van der Waals surface area contributed by atoms with Crippen LogP contribution in [-0.2, 0) is 9.53 Å². The van der Waals surface area contributed by atoms with Crippen LogP contribution in [-0.4, -0.2) is 23.3 Å². The van der Waals surface area contributed by atoms with Gasteiger partial charge in [-0.2, -0.15) is 0 Å². The van der Waals surface area contributed by atoms with Crippen molar-refractivity contribution < 1.29 is 14.6 Å². The molecule has 1 N–H and O–H groups in total. The van der Waals surface area contributed by atoms with Crippen molar-refractivity contribution >= 4 is 5.97 Å². The first-order chi connectivity index (χ1) is 8.43. The van der Waals surface area contributed by atoms with E-state index in [1.165, 1.54) is 0 Å². The lowest BCUT2D eigenvalue weighted by molar-refractivity contribution is -0.140. The first-order valence-electron chi connectivity index (χ1n) is 7.01. The second-order valence-electron chi connectivity index (χ2n) is 6.66. The van der Waals surface area contributed by atoms with Gasteiger partial charge in [0, 0.05) is 11.5 Å². The minimum atomic E-state index is -0.205. The highest BCUT2D eigenvalue weighted by molar-refractivity contribution is 5.90. The number of carbonyl (C=O) groups is 1. The summed E-state index contributed by atoms with van der Waals surface area (Å²) in [7, 11) is 0. The summed E-state index contributed by atoms with van der Waals surface area (Å²) in [5.41, 5.74) is 1.02. The number of ether oxygens (including phenoxy) is 1. The molecule has 1 saturated heterocycles. The van der Waals surface area contributed by atoms with E-state index in [1.54, 1.807) is 0 Å². The molecule has 0 radical (unpaired) electrons. The van der Waals surface area contributed by atoms with E-state index in [2.05, 4.69) is 13.5 Å². The molecule has 6 atom stereocenters. The van der Waals surface area contributed by atoms with Crippen LogP contribution in [0, 0.1) is 23.2 Å². The molecular weight excluding hydrogens is 228 g/mol. The second-order valence-corrected chi connectivity index (χ2v) is 6.66. The molecule has 3 rings (SSSR count). The van der Waals surface area contributed by atoms with Crippen molar-refractivity contribution in [3.63, 3.8) is 0 Å². The molecule has 3 heteroatoms. The maximum Gasteiger partial charge on any atom is 0.334 e.